The number of rotatable bonds is 0. The minimum Gasteiger partial charge on any atom is -0.153 e. The number of hydrogen-bond acceptors (Lipinski definition) is 2. The third kappa shape index (κ3) is 121. The molecule has 6 heteroatoms. The van der Waals surface area contributed by atoms with Gasteiger partial charge < -0.3 is 0 Å². The van der Waals surface area contributed by atoms with E-state index in [-0.39, 0.29) is 9.90 Å². The van der Waals surface area contributed by atoms with E-state index in [2.05, 4.69) is 0 Å². The van der Waals surface area contributed by atoms with Crippen LogP contribution in [0.3, 0.4) is 0 Å². The molecule has 40 valence electrons. The third-order valence-corrected chi connectivity index (χ3v) is 0. The molecule has 0 aliphatic rings. The van der Waals surface area contributed by atoms with Crippen LogP contribution in [-0.2, 0) is 6.21 Å². The molecule has 0 saturated heterocycles. The molecule has 0 fully saturated rings. The van der Waals surface area contributed by atoms with Crippen LogP contribution in [0, 0.1) is 0 Å². The normalized spacial score (nSPS) is 9.67. The maximum absolute atomic E-state index is 8.85. The van der Waals surface area contributed by atoms with Crippen molar-refractivity contribution < 1.29 is 13.2 Å². The second kappa shape index (κ2) is 2.84. The van der Waals surface area contributed by atoms with E-state index in [0.717, 1.165) is 0 Å². The second-order valence-corrected chi connectivity index (χ2v) is 3.00. The van der Waals surface area contributed by atoms with Gasteiger partial charge in [0, 0.05) is 0 Å². The second-order valence-electron chi connectivity index (χ2n) is 0.448. The van der Waals surface area contributed by atoms with E-state index in [1.807, 2.05) is 0 Å². The zero-order chi connectivity index (χ0) is 4.50. The van der Waals surface area contributed by atoms with Crippen molar-refractivity contribution in [3.8, 4) is 0 Å². The zero-order valence-electron chi connectivity index (χ0n) is 2.83. The van der Waals surface area contributed by atoms with Gasteiger partial charge in [0.1, 0.15) is 0 Å². The summed E-state index contributed by atoms with van der Waals surface area (Å²) in [6.07, 6.45) is 0. The molecule has 4 nitrogen and oxygen atoms in total. The average molecular weight is 228 g/mol. The van der Waals surface area contributed by atoms with Crippen molar-refractivity contribution in [2.24, 2.45) is 0 Å². The van der Waals surface area contributed by atoms with Crippen LogP contribution >= 0.6 is 9.90 Å². The Balaban J connectivity index is 0. The largest absolute Gasteiger partial charge is 0.153 e. The summed E-state index contributed by atoms with van der Waals surface area (Å²) in [5, 5.41) is 0. The molecule has 0 bridgehead atoms. The molecule has 0 rings (SSSR count). The molecule has 0 aromatic rings. The number of hydrogen-bond donors (Lipinski definition) is 2. The molecule has 0 amide bonds. The van der Waals surface area contributed by atoms with Crippen molar-refractivity contribution in [2.45, 2.75) is 0 Å². The van der Waals surface area contributed by atoms with Crippen molar-refractivity contribution >= 4 is 28.9 Å². The zero-order valence-corrected chi connectivity index (χ0v) is 6.57. The topological polar surface area (TPSA) is 74.6 Å². The molecule has 6 heavy (non-hydrogen) atoms. The average Bonchev–Trinajstić information content (AvgIpc) is 0.722. The van der Waals surface area contributed by atoms with Gasteiger partial charge in [0.15, 0.2) is 0 Å². The van der Waals surface area contributed by atoms with Crippen LogP contribution < -0.4 is 0 Å². The smallest absolute Gasteiger partial charge is 0.153 e. The summed E-state index contributed by atoms with van der Waals surface area (Å²) in [5.74, 6) is 0. The fourth-order valence-corrected chi connectivity index (χ4v) is 0. The van der Waals surface area contributed by atoms with Crippen molar-refractivity contribution in [1.29, 1.82) is 0 Å². The molecule has 1 unspecified atom stereocenters. The maximum Gasteiger partial charge on any atom is -0.153 e. The summed E-state index contributed by atoms with van der Waals surface area (Å²) in [6.45, 7) is 0. The Morgan fingerprint density at radius 3 is 1.17 bits per heavy atom. The molecule has 0 aliphatic heterocycles. The molecule has 0 aromatic carbocycles. The Hall–Kier alpha value is 0.740. The minimum absolute atomic E-state index is 0. The monoisotopic (exact) mass is 230 g/mol. The van der Waals surface area contributed by atoms with Crippen molar-refractivity contribution in [2.75, 3.05) is 0 Å². The van der Waals surface area contributed by atoms with Gasteiger partial charge in [-0.15, -0.1) is 0 Å². The molecular formula is H5O4PTe. The van der Waals surface area contributed by atoms with Gasteiger partial charge >= 0.3 is 32.1 Å². The van der Waals surface area contributed by atoms with E-state index in [9.17, 15) is 0 Å². The molecule has 0 aliphatic carbocycles. The van der Waals surface area contributed by atoms with Crippen molar-refractivity contribution in [3.05, 3.63) is 0 Å². The summed E-state index contributed by atoms with van der Waals surface area (Å²) in [6, 6.07) is 0. The first kappa shape index (κ1) is 9.88. The molecule has 0 radical (unpaired) electrons. The summed E-state index contributed by atoms with van der Waals surface area (Å²) in [7, 11) is 0. The first-order valence-corrected chi connectivity index (χ1v) is 4.69. The predicted molar refractivity (Wildman–Crippen MR) is 22.7 cm³/mol. The van der Waals surface area contributed by atoms with Crippen LogP contribution in [-0.4, -0.2) is 25.9 Å². The van der Waals surface area contributed by atoms with Crippen LogP contribution in [0.25, 0.3) is 0 Å². The first-order valence-electron chi connectivity index (χ1n) is 0.698. The van der Waals surface area contributed by atoms with Gasteiger partial charge in [0.2, 0.25) is 0 Å². The molecule has 0 heterocycles. The Bertz CT molecular complexity index is 90.7. The van der Waals surface area contributed by atoms with E-state index in [1.165, 1.54) is 0 Å². The van der Waals surface area contributed by atoms with Crippen LogP contribution in [0.1, 0.15) is 0 Å². The first-order chi connectivity index (χ1) is 2.00. The summed E-state index contributed by atoms with van der Waals surface area (Å²) < 4.78 is 32.0. The Morgan fingerprint density at radius 1 is 1.17 bits per heavy atom. The summed E-state index contributed by atoms with van der Waals surface area (Å²) in [4.78, 5) is 0. The summed E-state index contributed by atoms with van der Waals surface area (Å²) >= 11 is -5.52. The Kier molecular flexibility index (Phi) is 4.68. The van der Waals surface area contributed by atoms with E-state index in [4.69, 9.17) is 13.2 Å². The van der Waals surface area contributed by atoms with Gasteiger partial charge in [0.25, 0.3) is 0 Å². The third-order valence-electron chi connectivity index (χ3n) is 0. The van der Waals surface area contributed by atoms with Crippen LogP contribution in [0.2, 0.25) is 0 Å². The van der Waals surface area contributed by atoms with Gasteiger partial charge in [-0.2, -0.15) is 9.90 Å². The van der Waals surface area contributed by atoms with Gasteiger partial charge in [-0.1, -0.05) is 0 Å². The molecular weight excluding hydrogens is 223 g/mol. The fourth-order valence-electron chi connectivity index (χ4n) is 0. The standard InChI is InChI=1S/H2O4Te.H3P/c1-5(2,3)4;/h(H2,1,2,3,4);1H3. The molecule has 0 aromatic heterocycles. The fraction of sp³-hybridized carbons (Fsp3) is 0. The Morgan fingerprint density at radius 2 is 1.17 bits per heavy atom. The van der Waals surface area contributed by atoms with Crippen LogP contribution in [0.15, 0.2) is 0 Å². The van der Waals surface area contributed by atoms with E-state index < -0.39 is 19.0 Å². The van der Waals surface area contributed by atoms with Crippen LogP contribution in [0.5, 0.6) is 0 Å². The van der Waals surface area contributed by atoms with Crippen LogP contribution in [0.4, 0.5) is 0 Å². The van der Waals surface area contributed by atoms with Gasteiger partial charge in [0.05, 0.1) is 0 Å². The quantitative estimate of drug-likeness (QED) is 0.383. The minimum atomic E-state index is -5.52. The molecule has 2 N–H and O–H groups in total. The van der Waals surface area contributed by atoms with Gasteiger partial charge in [-0.25, -0.2) is 0 Å². The molecule has 0 saturated carbocycles. The molecule has 1 atom stereocenters. The SMILES string of the molecule is O=[Te](=O)(O)O.P. The van der Waals surface area contributed by atoms with E-state index in [1.54, 1.807) is 0 Å². The molecule has 0 spiro atoms. The van der Waals surface area contributed by atoms with Crippen molar-refractivity contribution in [1.82, 2.24) is 0 Å². The predicted octanol–water partition coefficient (Wildman–Crippen LogP) is -1.67. The Labute approximate surface area is 42.4 Å². The summed E-state index contributed by atoms with van der Waals surface area (Å²) in [5.41, 5.74) is 0. The van der Waals surface area contributed by atoms with Gasteiger partial charge in [-0.05, 0) is 0 Å². The van der Waals surface area contributed by atoms with Crippen molar-refractivity contribution in [3.63, 3.8) is 0 Å². The maximum atomic E-state index is 8.85. The van der Waals surface area contributed by atoms with E-state index in [0.29, 0.717) is 0 Å². The van der Waals surface area contributed by atoms with Gasteiger partial charge in [-0.3, -0.25) is 0 Å². The van der Waals surface area contributed by atoms with E-state index >= 15 is 0 Å².